The Bertz CT molecular complexity index is 450. The number of rotatable bonds is 2. The van der Waals surface area contributed by atoms with Gasteiger partial charge in [0.1, 0.15) is 11.4 Å². The summed E-state index contributed by atoms with van der Waals surface area (Å²) in [6, 6.07) is 7.70. The maximum absolute atomic E-state index is 9.48. The Morgan fingerprint density at radius 2 is 1.93 bits per heavy atom. The van der Waals surface area contributed by atoms with Crippen LogP contribution in [-0.4, -0.2) is 20.5 Å². The molecular formula is C10H10BrN3O. The Balaban J connectivity index is 2.45. The van der Waals surface area contributed by atoms with E-state index in [-0.39, 0.29) is 0 Å². The fourth-order valence-corrected chi connectivity index (χ4v) is 1.61. The summed E-state index contributed by atoms with van der Waals surface area (Å²) in [6.45, 7) is 1.67. The Labute approximate surface area is 95.5 Å². The first-order valence-electron chi connectivity index (χ1n) is 4.53. The van der Waals surface area contributed by atoms with Crippen molar-refractivity contribution in [1.82, 2.24) is 15.4 Å². The van der Waals surface area contributed by atoms with Gasteiger partial charge in [0.2, 0.25) is 0 Å². The standard InChI is InChI=1S/C10H10BrN3O/c1-6(15)9-10(13-14-12-9)7-2-4-8(11)5-3-7/h2-6,15H,1H3,(H,12,13,14). The molecule has 0 amide bonds. The summed E-state index contributed by atoms with van der Waals surface area (Å²) in [5.74, 6) is 0. The fraction of sp³-hybridized carbons (Fsp3) is 0.200. The van der Waals surface area contributed by atoms with Gasteiger partial charge < -0.3 is 5.11 Å². The van der Waals surface area contributed by atoms with E-state index in [1.54, 1.807) is 6.92 Å². The minimum atomic E-state index is -0.623. The molecule has 1 unspecified atom stereocenters. The predicted octanol–water partition coefficient (Wildman–Crippen LogP) is 2.29. The Kier molecular flexibility index (Phi) is 2.83. The Morgan fingerprint density at radius 3 is 2.53 bits per heavy atom. The smallest absolute Gasteiger partial charge is 0.119 e. The molecule has 0 saturated heterocycles. The normalized spacial score (nSPS) is 12.7. The molecule has 15 heavy (non-hydrogen) atoms. The third-order valence-corrected chi connectivity index (χ3v) is 2.62. The maximum Gasteiger partial charge on any atom is 0.119 e. The molecule has 2 aromatic rings. The van der Waals surface area contributed by atoms with Crippen molar-refractivity contribution in [2.45, 2.75) is 13.0 Å². The van der Waals surface area contributed by atoms with Crippen molar-refractivity contribution in [3.63, 3.8) is 0 Å². The molecule has 78 valence electrons. The van der Waals surface area contributed by atoms with Crippen LogP contribution in [0.15, 0.2) is 28.7 Å². The van der Waals surface area contributed by atoms with Crippen LogP contribution in [0.3, 0.4) is 0 Å². The largest absolute Gasteiger partial charge is 0.387 e. The summed E-state index contributed by atoms with van der Waals surface area (Å²) in [5.41, 5.74) is 2.19. The lowest BCUT2D eigenvalue weighted by Gasteiger charge is -2.02. The number of nitrogens with one attached hydrogen (secondary N) is 1. The molecule has 0 aliphatic heterocycles. The minimum Gasteiger partial charge on any atom is -0.387 e. The van der Waals surface area contributed by atoms with Crippen LogP contribution in [0, 0.1) is 0 Å². The molecule has 0 radical (unpaired) electrons. The van der Waals surface area contributed by atoms with Crippen molar-refractivity contribution in [3.8, 4) is 11.3 Å². The summed E-state index contributed by atoms with van der Waals surface area (Å²) in [7, 11) is 0. The van der Waals surface area contributed by atoms with Crippen LogP contribution in [0.25, 0.3) is 11.3 Å². The topological polar surface area (TPSA) is 61.8 Å². The molecule has 1 atom stereocenters. The van der Waals surface area contributed by atoms with Gasteiger partial charge in [-0.1, -0.05) is 28.1 Å². The van der Waals surface area contributed by atoms with Crippen molar-refractivity contribution in [2.24, 2.45) is 0 Å². The van der Waals surface area contributed by atoms with E-state index in [0.29, 0.717) is 11.4 Å². The average Bonchev–Trinajstić information content (AvgIpc) is 2.67. The quantitative estimate of drug-likeness (QED) is 0.878. The lowest BCUT2D eigenvalue weighted by molar-refractivity contribution is 0.195. The van der Waals surface area contributed by atoms with E-state index < -0.39 is 6.10 Å². The fourth-order valence-electron chi connectivity index (χ4n) is 1.35. The first kappa shape index (κ1) is 10.3. The van der Waals surface area contributed by atoms with Crippen LogP contribution in [-0.2, 0) is 0 Å². The van der Waals surface area contributed by atoms with Gasteiger partial charge in [0.25, 0.3) is 0 Å². The maximum atomic E-state index is 9.48. The van der Waals surface area contributed by atoms with E-state index >= 15 is 0 Å². The van der Waals surface area contributed by atoms with E-state index in [0.717, 1.165) is 10.0 Å². The summed E-state index contributed by atoms with van der Waals surface area (Å²) < 4.78 is 1.01. The number of benzene rings is 1. The van der Waals surface area contributed by atoms with Gasteiger partial charge in [-0.25, -0.2) is 0 Å². The summed E-state index contributed by atoms with van der Waals surface area (Å²) in [4.78, 5) is 0. The lowest BCUT2D eigenvalue weighted by atomic mass is 10.1. The number of aromatic amines is 1. The predicted molar refractivity (Wildman–Crippen MR) is 60.2 cm³/mol. The first-order chi connectivity index (χ1) is 7.18. The van der Waals surface area contributed by atoms with Gasteiger partial charge in [0.05, 0.1) is 6.10 Å². The van der Waals surface area contributed by atoms with Crippen molar-refractivity contribution in [2.75, 3.05) is 0 Å². The summed E-state index contributed by atoms with van der Waals surface area (Å²) >= 11 is 3.36. The average molecular weight is 268 g/mol. The molecule has 1 aromatic heterocycles. The Morgan fingerprint density at radius 1 is 1.27 bits per heavy atom. The van der Waals surface area contributed by atoms with Crippen LogP contribution in [0.2, 0.25) is 0 Å². The minimum absolute atomic E-state index is 0.567. The molecule has 1 heterocycles. The zero-order chi connectivity index (χ0) is 10.8. The molecule has 2 N–H and O–H groups in total. The summed E-state index contributed by atoms with van der Waals surface area (Å²) in [5, 5.41) is 19.9. The Hall–Kier alpha value is -1.20. The van der Waals surface area contributed by atoms with Crippen LogP contribution in [0.1, 0.15) is 18.7 Å². The highest BCUT2D eigenvalue weighted by molar-refractivity contribution is 9.10. The number of aliphatic hydroxyl groups excluding tert-OH is 1. The van der Waals surface area contributed by atoms with Gasteiger partial charge >= 0.3 is 0 Å². The van der Waals surface area contributed by atoms with Gasteiger partial charge in [0, 0.05) is 10.0 Å². The highest BCUT2D eigenvalue weighted by Gasteiger charge is 2.14. The van der Waals surface area contributed by atoms with Crippen molar-refractivity contribution >= 4 is 15.9 Å². The van der Waals surface area contributed by atoms with Gasteiger partial charge in [-0.05, 0) is 19.1 Å². The van der Waals surface area contributed by atoms with E-state index in [4.69, 9.17) is 0 Å². The van der Waals surface area contributed by atoms with Crippen molar-refractivity contribution in [3.05, 3.63) is 34.4 Å². The van der Waals surface area contributed by atoms with Crippen molar-refractivity contribution < 1.29 is 5.11 Å². The van der Waals surface area contributed by atoms with Crippen LogP contribution in [0.5, 0.6) is 0 Å². The molecule has 5 heteroatoms. The highest BCUT2D eigenvalue weighted by atomic mass is 79.9. The monoisotopic (exact) mass is 267 g/mol. The zero-order valence-electron chi connectivity index (χ0n) is 8.11. The molecule has 0 saturated carbocycles. The molecule has 4 nitrogen and oxygen atoms in total. The number of hydrogen-bond donors (Lipinski definition) is 2. The summed E-state index contributed by atoms with van der Waals surface area (Å²) in [6.07, 6.45) is -0.623. The van der Waals surface area contributed by atoms with Gasteiger partial charge in [-0.3, -0.25) is 0 Å². The number of halogens is 1. The molecular weight excluding hydrogens is 258 g/mol. The van der Waals surface area contributed by atoms with E-state index in [9.17, 15) is 5.11 Å². The molecule has 0 aliphatic carbocycles. The molecule has 0 fully saturated rings. The molecule has 2 rings (SSSR count). The van der Waals surface area contributed by atoms with Crippen LogP contribution < -0.4 is 0 Å². The molecule has 0 spiro atoms. The first-order valence-corrected chi connectivity index (χ1v) is 5.32. The second kappa shape index (κ2) is 4.12. The number of H-pyrrole nitrogens is 1. The van der Waals surface area contributed by atoms with E-state index in [1.807, 2.05) is 24.3 Å². The second-order valence-corrected chi connectivity index (χ2v) is 4.16. The van der Waals surface area contributed by atoms with Crippen LogP contribution in [0.4, 0.5) is 0 Å². The van der Waals surface area contributed by atoms with Gasteiger partial charge in [0.15, 0.2) is 0 Å². The number of aromatic nitrogens is 3. The number of nitrogens with zero attached hydrogens (tertiary/aromatic N) is 2. The van der Waals surface area contributed by atoms with Gasteiger partial charge in [-0.15, -0.1) is 0 Å². The van der Waals surface area contributed by atoms with E-state index in [2.05, 4.69) is 31.3 Å². The lowest BCUT2D eigenvalue weighted by Crippen LogP contribution is -1.94. The SMILES string of the molecule is CC(O)c1n[nH]nc1-c1ccc(Br)cc1. The van der Waals surface area contributed by atoms with Crippen molar-refractivity contribution in [1.29, 1.82) is 0 Å². The third-order valence-electron chi connectivity index (χ3n) is 2.09. The second-order valence-electron chi connectivity index (χ2n) is 3.24. The number of aliphatic hydroxyl groups is 1. The molecule has 0 bridgehead atoms. The highest BCUT2D eigenvalue weighted by Crippen LogP contribution is 2.25. The molecule has 0 aliphatic rings. The van der Waals surface area contributed by atoms with Crippen LogP contribution >= 0.6 is 15.9 Å². The van der Waals surface area contributed by atoms with E-state index in [1.165, 1.54) is 0 Å². The number of hydrogen-bond acceptors (Lipinski definition) is 3. The van der Waals surface area contributed by atoms with Gasteiger partial charge in [-0.2, -0.15) is 15.4 Å². The molecule has 1 aromatic carbocycles. The zero-order valence-corrected chi connectivity index (χ0v) is 9.69. The third kappa shape index (κ3) is 2.08.